The summed E-state index contributed by atoms with van der Waals surface area (Å²) in [5.41, 5.74) is 0.885. The summed E-state index contributed by atoms with van der Waals surface area (Å²) in [6.07, 6.45) is 0.746. The van der Waals surface area contributed by atoms with Crippen molar-refractivity contribution in [3.63, 3.8) is 0 Å². The van der Waals surface area contributed by atoms with Gasteiger partial charge in [-0.3, -0.25) is 0 Å². The summed E-state index contributed by atoms with van der Waals surface area (Å²) in [5, 5.41) is 18.2. The Balaban J connectivity index is 2.81. The molecule has 1 atom stereocenters. The lowest BCUT2D eigenvalue weighted by molar-refractivity contribution is 0.172. The molecule has 12 heavy (non-hydrogen) atoms. The van der Waals surface area contributed by atoms with Crippen LogP contribution in [0, 0.1) is 0 Å². The highest BCUT2D eigenvalue weighted by Gasteiger charge is 2.00. The van der Waals surface area contributed by atoms with Crippen molar-refractivity contribution < 1.29 is 10.2 Å². The van der Waals surface area contributed by atoms with E-state index in [1.807, 2.05) is 30.3 Å². The summed E-state index contributed by atoms with van der Waals surface area (Å²) < 4.78 is 0. The van der Waals surface area contributed by atoms with Gasteiger partial charge in [-0.25, -0.2) is 0 Å². The molecule has 2 N–H and O–H groups in total. The average molecular weight is 164 g/mol. The normalized spacial score (nSPS) is 14.3. The van der Waals surface area contributed by atoms with Gasteiger partial charge in [0.1, 0.15) is 11.9 Å². The fourth-order valence-electron chi connectivity index (χ4n) is 0.841. The van der Waals surface area contributed by atoms with Crippen LogP contribution in [0.3, 0.4) is 0 Å². The van der Waals surface area contributed by atoms with E-state index < -0.39 is 6.10 Å². The van der Waals surface area contributed by atoms with Crippen molar-refractivity contribution in [3.8, 4) is 0 Å². The summed E-state index contributed by atoms with van der Waals surface area (Å²) in [5.74, 6) is -0.0128. The summed E-state index contributed by atoms with van der Waals surface area (Å²) in [6, 6.07) is 9.37. The number of hydrogen-bond donors (Lipinski definition) is 2. The third-order valence-electron chi connectivity index (χ3n) is 1.54. The predicted octanol–water partition coefficient (Wildman–Crippen LogP) is 1.97. The molecule has 0 aliphatic heterocycles. The Morgan fingerprint density at radius 3 is 2.42 bits per heavy atom. The third-order valence-corrected chi connectivity index (χ3v) is 1.54. The van der Waals surface area contributed by atoms with Crippen molar-refractivity contribution in [2.75, 3.05) is 0 Å². The van der Waals surface area contributed by atoms with Crippen LogP contribution in [0.2, 0.25) is 0 Å². The molecule has 0 spiro atoms. The molecule has 1 aromatic carbocycles. The molecule has 0 saturated heterocycles. The predicted molar refractivity (Wildman–Crippen MR) is 48.7 cm³/mol. The Morgan fingerprint density at radius 2 is 1.92 bits per heavy atom. The van der Waals surface area contributed by atoms with Gasteiger partial charge in [0.25, 0.3) is 0 Å². The van der Waals surface area contributed by atoms with Crippen LogP contribution < -0.4 is 0 Å². The highest BCUT2D eigenvalue weighted by atomic mass is 16.3. The Morgan fingerprint density at radius 1 is 1.33 bits per heavy atom. The lowest BCUT2D eigenvalue weighted by atomic mass is 10.2. The van der Waals surface area contributed by atoms with Crippen molar-refractivity contribution in [1.82, 2.24) is 0 Å². The van der Waals surface area contributed by atoms with Gasteiger partial charge in [-0.2, -0.15) is 0 Å². The van der Waals surface area contributed by atoms with E-state index >= 15 is 0 Å². The van der Waals surface area contributed by atoms with Gasteiger partial charge in [-0.05, 0) is 18.6 Å². The van der Waals surface area contributed by atoms with Crippen LogP contribution in [0.1, 0.15) is 12.5 Å². The number of rotatable bonds is 2. The Kier molecular flexibility index (Phi) is 2.88. The molecule has 1 aromatic rings. The van der Waals surface area contributed by atoms with Gasteiger partial charge in [-0.15, -0.1) is 0 Å². The second-order valence-corrected chi connectivity index (χ2v) is 2.66. The summed E-state index contributed by atoms with van der Waals surface area (Å²) in [4.78, 5) is 0. The highest BCUT2D eigenvalue weighted by molar-refractivity contribution is 5.51. The third kappa shape index (κ3) is 2.40. The monoisotopic (exact) mass is 164 g/mol. The average Bonchev–Trinajstić information content (AvgIpc) is 2.06. The van der Waals surface area contributed by atoms with E-state index in [2.05, 4.69) is 0 Å². The first-order chi connectivity index (χ1) is 5.70. The zero-order valence-electron chi connectivity index (χ0n) is 6.94. The maximum atomic E-state index is 9.19. The first-order valence-electron chi connectivity index (χ1n) is 3.84. The smallest absolute Gasteiger partial charge is 0.121 e. The number of aliphatic hydroxyl groups is 2. The molecular formula is C10H12O2. The summed E-state index contributed by atoms with van der Waals surface area (Å²) in [6.45, 7) is 1.52. The largest absolute Gasteiger partial charge is 0.510 e. The maximum absolute atomic E-state index is 9.19. The van der Waals surface area contributed by atoms with Crippen LogP contribution >= 0.6 is 0 Å². The molecule has 0 bridgehead atoms. The summed E-state index contributed by atoms with van der Waals surface area (Å²) >= 11 is 0. The highest BCUT2D eigenvalue weighted by Crippen LogP contribution is 2.06. The van der Waals surface area contributed by atoms with Gasteiger partial charge < -0.3 is 10.2 Å². The van der Waals surface area contributed by atoms with Crippen LogP contribution in [0.5, 0.6) is 0 Å². The standard InChI is InChI=1S/C10H12O2/c1-8(11)10(12)7-9-5-3-2-4-6-9/h2-8,11-12H,1H3. The fraction of sp³-hybridized carbons (Fsp3) is 0.200. The Hall–Kier alpha value is -1.28. The Bertz CT molecular complexity index is 262. The van der Waals surface area contributed by atoms with E-state index in [1.54, 1.807) is 6.08 Å². The van der Waals surface area contributed by atoms with Crippen molar-refractivity contribution in [2.24, 2.45) is 0 Å². The molecule has 0 amide bonds. The molecule has 0 aromatic heterocycles. The zero-order chi connectivity index (χ0) is 8.97. The van der Waals surface area contributed by atoms with Crippen LogP contribution in [0.15, 0.2) is 36.1 Å². The molecule has 0 aliphatic rings. The first kappa shape index (κ1) is 8.81. The van der Waals surface area contributed by atoms with Crippen molar-refractivity contribution in [1.29, 1.82) is 0 Å². The minimum Gasteiger partial charge on any atom is -0.510 e. The fourth-order valence-corrected chi connectivity index (χ4v) is 0.841. The van der Waals surface area contributed by atoms with Crippen molar-refractivity contribution in [3.05, 3.63) is 41.7 Å². The van der Waals surface area contributed by atoms with Gasteiger partial charge in [0.2, 0.25) is 0 Å². The van der Waals surface area contributed by atoms with Crippen molar-refractivity contribution >= 4 is 6.08 Å². The van der Waals surface area contributed by atoms with Gasteiger partial charge in [0, 0.05) is 0 Å². The minimum absolute atomic E-state index is 0.0128. The maximum Gasteiger partial charge on any atom is 0.121 e. The molecule has 2 heteroatoms. The molecule has 1 unspecified atom stereocenters. The van der Waals surface area contributed by atoms with E-state index in [-0.39, 0.29) is 5.76 Å². The van der Waals surface area contributed by atoms with Crippen LogP contribution in [-0.4, -0.2) is 16.3 Å². The molecule has 1 rings (SSSR count). The van der Waals surface area contributed by atoms with E-state index in [0.717, 1.165) is 5.56 Å². The van der Waals surface area contributed by atoms with Crippen molar-refractivity contribution in [2.45, 2.75) is 13.0 Å². The number of benzene rings is 1. The van der Waals surface area contributed by atoms with E-state index in [4.69, 9.17) is 5.11 Å². The number of hydrogen-bond acceptors (Lipinski definition) is 2. The van der Waals surface area contributed by atoms with E-state index in [1.165, 1.54) is 6.92 Å². The van der Waals surface area contributed by atoms with Crippen LogP contribution in [0.25, 0.3) is 6.08 Å². The molecule has 0 fully saturated rings. The van der Waals surface area contributed by atoms with Gasteiger partial charge in [-0.1, -0.05) is 30.3 Å². The van der Waals surface area contributed by atoms with E-state index in [9.17, 15) is 5.11 Å². The lowest BCUT2D eigenvalue weighted by Crippen LogP contribution is -2.02. The SMILES string of the molecule is CC(O)C(O)=Cc1ccccc1. The topological polar surface area (TPSA) is 40.5 Å². The Labute approximate surface area is 71.8 Å². The minimum atomic E-state index is -0.801. The zero-order valence-corrected chi connectivity index (χ0v) is 6.94. The first-order valence-corrected chi connectivity index (χ1v) is 3.84. The van der Waals surface area contributed by atoms with Crippen LogP contribution in [-0.2, 0) is 0 Å². The van der Waals surface area contributed by atoms with Gasteiger partial charge >= 0.3 is 0 Å². The molecular weight excluding hydrogens is 152 g/mol. The molecule has 0 saturated carbocycles. The van der Waals surface area contributed by atoms with E-state index in [0.29, 0.717) is 0 Å². The molecule has 2 nitrogen and oxygen atoms in total. The second kappa shape index (κ2) is 3.93. The van der Waals surface area contributed by atoms with Crippen LogP contribution in [0.4, 0.5) is 0 Å². The second-order valence-electron chi connectivity index (χ2n) is 2.66. The lowest BCUT2D eigenvalue weighted by Gasteiger charge is -2.01. The molecule has 64 valence electrons. The molecule has 0 radical (unpaired) electrons. The van der Waals surface area contributed by atoms with Gasteiger partial charge in [0.05, 0.1) is 0 Å². The number of aliphatic hydroxyl groups excluding tert-OH is 2. The quantitative estimate of drug-likeness (QED) is 0.656. The molecule has 0 heterocycles. The van der Waals surface area contributed by atoms with Gasteiger partial charge in [0.15, 0.2) is 0 Å². The molecule has 0 aliphatic carbocycles. The summed E-state index contributed by atoms with van der Waals surface area (Å²) in [7, 11) is 0.